The fourth-order valence-electron chi connectivity index (χ4n) is 6.22. The maximum atomic E-state index is 12.7. The number of benzene rings is 2. The Balaban J connectivity index is 1.37. The number of rotatable bonds is 11. The first-order valence-electron chi connectivity index (χ1n) is 15.6. The zero-order chi connectivity index (χ0) is 30.6. The monoisotopic (exact) mass is 589 g/mol. The third-order valence-corrected chi connectivity index (χ3v) is 8.70. The summed E-state index contributed by atoms with van der Waals surface area (Å²) in [5.74, 6) is 0. The molecule has 0 saturated carbocycles. The van der Waals surface area contributed by atoms with E-state index in [1.165, 1.54) is 27.2 Å². The Kier molecular flexibility index (Phi) is 9.59. The average Bonchev–Trinajstić information content (AvgIpc) is 3.38. The minimum absolute atomic E-state index is 0.00588. The Labute approximate surface area is 255 Å². The lowest BCUT2D eigenvalue weighted by Gasteiger charge is -2.42. The molecule has 0 radical (unpaired) electrons. The van der Waals surface area contributed by atoms with E-state index in [4.69, 9.17) is 19.3 Å². The third kappa shape index (κ3) is 7.14. The maximum absolute atomic E-state index is 12.7. The first kappa shape index (κ1) is 31.2. The molecule has 232 valence electrons. The van der Waals surface area contributed by atoms with Gasteiger partial charge >= 0.3 is 6.09 Å². The third-order valence-electron chi connectivity index (χ3n) is 8.70. The molecule has 3 aromatic rings. The van der Waals surface area contributed by atoms with Crippen molar-refractivity contribution in [2.24, 2.45) is 0 Å². The number of aryl methyl sites for hydroxylation is 1. The van der Waals surface area contributed by atoms with Gasteiger partial charge in [0.1, 0.15) is 5.60 Å². The number of ether oxygens (including phenoxy) is 3. The van der Waals surface area contributed by atoms with Crippen molar-refractivity contribution >= 4 is 17.0 Å². The second-order valence-corrected chi connectivity index (χ2v) is 13.1. The largest absolute Gasteiger partial charge is 0.444 e. The van der Waals surface area contributed by atoms with E-state index in [9.17, 15) is 9.90 Å². The van der Waals surface area contributed by atoms with Gasteiger partial charge in [0, 0.05) is 30.5 Å². The summed E-state index contributed by atoms with van der Waals surface area (Å²) < 4.78 is 20.0. The van der Waals surface area contributed by atoms with Crippen LogP contribution in [0.5, 0.6) is 0 Å². The molecule has 1 aromatic heterocycles. The molecule has 43 heavy (non-hydrogen) atoms. The van der Waals surface area contributed by atoms with E-state index < -0.39 is 11.7 Å². The summed E-state index contributed by atoms with van der Waals surface area (Å²) in [6, 6.07) is 15.3. The fraction of sp³-hybridized carbons (Fsp3) is 0.543. The number of aromatic nitrogens is 2. The van der Waals surface area contributed by atoms with Gasteiger partial charge in [-0.25, -0.2) is 9.48 Å². The molecule has 0 bridgehead atoms. The maximum Gasteiger partial charge on any atom is 0.410 e. The summed E-state index contributed by atoms with van der Waals surface area (Å²) in [6.45, 7) is 11.6. The van der Waals surface area contributed by atoms with E-state index in [1.54, 1.807) is 0 Å². The first-order valence-corrected chi connectivity index (χ1v) is 15.6. The average molecular weight is 590 g/mol. The lowest BCUT2D eigenvalue weighted by molar-refractivity contribution is -0.0366. The second kappa shape index (κ2) is 13.2. The zero-order valence-electron chi connectivity index (χ0n) is 26.3. The number of aliphatic hydroxyl groups excluding tert-OH is 1. The van der Waals surface area contributed by atoms with Gasteiger partial charge in [-0.05, 0) is 94.2 Å². The molecule has 2 aromatic carbocycles. The van der Waals surface area contributed by atoms with Gasteiger partial charge in [-0.1, -0.05) is 43.3 Å². The molecule has 2 unspecified atom stereocenters. The molecule has 0 spiro atoms. The van der Waals surface area contributed by atoms with Crippen LogP contribution in [0.1, 0.15) is 76.3 Å². The molecule has 1 aliphatic carbocycles. The molecule has 1 N–H and O–H groups in total. The highest BCUT2D eigenvalue weighted by Crippen LogP contribution is 2.44. The van der Waals surface area contributed by atoms with Crippen LogP contribution in [0.15, 0.2) is 60.3 Å². The minimum atomic E-state index is -0.603. The van der Waals surface area contributed by atoms with E-state index >= 15 is 0 Å². The number of nitrogens with zero attached hydrogens (tertiary/aromatic N) is 3. The summed E-state index contributed by atoms with van der Waals surface area (Å²) in [4.78, 5) is 14.2. The predicted octanol–water partition coefficient (Wildman–Crippen LogP) is 6.49. The van der Waals surface area contributed by atoms with Gasteiger partial charge in [0.15, 0.2) is 6.23 Å². The van der Waals surface area contributed by atoms with Gasteiger partial charge in [0.05, 0.1) is 31.0 Å². The Bertz CT molecular complexity index is 1430. The molecule has 2 aliphatic rings. The first-order chi connectivity index (χ1) is 20.6. The second-order valence-electron chi connectivity index (χ2n) is 13.1. The minimum Gasteiger partial charge on any atom is -0.444 e. The predicted molar refractivity (Wildman–Crippen MR) is 168 cm³/mol. The lowest BCUT2D eigenvalue weighted by Crippen LogP contribution is -2.42. The van der Waals surface area contributed by atoms with E-state index in [0.29, 0.717) is 13.2 Å². The van der Waals surface area contributed by atoms with Crippen molar-refractivity contribution in [3.8, 4) is 0 Å². The van der Waals surface area contributed by atoms with Gasteiger partial charge in [-0.2, -0.15) is 5.10 Å². The quantitative estimate of drug-likeness (QED) is 0.258. The molecule has 3 atom stereocenters. The number of carbonyl (C=O) groups excluding carboxylic acids is 1. The van der Waals surface area contributed by atoms with Crippen molar-refractivity contribution in [2.45, 2.75) is 90.1 Å². The van der Waals surface area contributed by atoms with E-state index in [0.717, 1.165) is 49.6 Å². The summed E-state index contributed by atoms with van der Waals surface area (Å²) in [6.07, 6.45) is 8.67. The Morgan fingerprint density at radius 3 is 2.63 bits per heavy atom. The van der Waals surface area contributed by atoms with Crippen molar-refractivity contribution in [1.29, 1.82) is 0 Å². The fourth-order valence-corrected chi connectivity index (χ4v) is 6.22. The molecule has 1 fully saturated rings. The molecule has 8 heteroatoms. The van der Waals surface area contributed by atoms with Crippen LogP contribution in [-0.4, -0.2) is 70.5 Å². The summed E-state index contributed by atoms with van der Waals surface area (Å²) in [5, 5.41) is 15.4. The van der Waals surface area contributed by atoms with E-state index in [-0.39, 0.29) is 30.9 Å². The van der Waals surface area contributed by atoms with Crippen molar-refractivity contribution in [3.63, 3.8) is 0 Å². The Morgan fingerprint density at radius 2 is 1.95 bits per heavy atom. The van der Waals surface area contributed by atoms with Crippen molar-refractivity contribution in [3.05, 3.63) is 77.0 Å². The van der Waals surface area contributed by atoms with Crippen LogP contribution < -0.4 is 0 Å². The molecule has 5 rings (SSSR count). The van der Waals surface area contributed by atoms with Gasteiger partial charge in [0.25, 0.3) is 0 Å². The van der Waals surface area contributed by atoms with Crippen LogP contribution in [0, 0.1) is 6.92 Å². The van der Waals surface area contributed by atoms with Crippen LogP contribution in [0.2, 0.25) is 0 Å². The molecule has 1 saturated heterocycles. The lowest BCUT2D eigenvalue weighted by atomic mass is 9.65. The SMILES string of the molecule is Cc1ccccc1CC(C)(C1=CC[C@H]1OCCN(CCO)C(=O)OC(C)(C)C)c1ccc2c(cnn2C2CCCCO2)c1. The van der Waals surface area contributed by atoms with Gasteiger partial charge in [-0.15, -0.1) is 0 Å². The van der Waals surface area contributed by atoms with Crippen molar-refractivity contribution in [1.82, 2.24) is 14.7 Å². The summed E-state index contributed by atoms with van der Waals surface area (Å²) in [7, 11) is 0. The molecular weight excluding hydrogens is 542 g/mol. The van der Waals surface area contributed by atoms with Gasteiger partial charge in [0.2, 0.25) is 0 Å². The number of hydrogen-bond acceptors (Lipinski definition) is 6. The van der Waals surface area contributed by atoms with Crippen LogP contribution in [-0.2, 0) is 26.0 Å². The van der Waals surface area contributed by atoms with Crippen molar-refractivity contribution in [2.75, 3.05) is 32.9 Å². The number of fused-ring (bicyclic) bond motifs is 1. The highest BCUT2D eigenvalue weighted by Gasteiger charge is 2.40. The van der Waals surface area contributed by atoms with Crippen LogP contribution >= 0.6 is 0 Å². The normalized spacial score (nSPS) is 20.3. The number of aliphatic hydroxyl groups is 1. The number of amides is 1. The number of hydrogen-bond donors (Lipinski definition) is 1. The number of carbonyl (C=O) groups is 1. The topological polar surface area (TPSA) is 86.0 Å². The highest BCUT2D eigenvalue weighted by atomic mass is 16.6. The summed E-state index contributed by atoms with van der Waals surface area (Å²) in [5.41, 5.74) is 5.24. The molecule has 2 heterocycles. The van der Waals surface area contributed by atoms with Crippen LogP contribution in [0.4, 0.5) is 4.79 Å². The zero-order valence-corrected chi connectivity index (χ0v) is 26.3. The Morgan fingerprint density at radius 1 is 1.14 bits per heavy atom. The van der Waals surface area contributed by atoms with E-state index in [1.807, 2.05) is 31.6 Å². The highest BCUT2D eigenvalue weighted by molar-refractivity contribution is 5.80. The summed E-state index contributed by atoms with van der Waals surface area (Å²) >= 11 is 0. The Hall–Kier alpha value is -3.20. The molecule has 1 aliphatic heterocycles. The van der Waals surface area contributed by atoms with Crippen LogP contribution in [0.3, 0.4) is 0 Å². The molecule has 8 nitrogen and oxygen atoms in total. The van der Waals surface area contributed by atoms with Crippen LogP contribution in [0.25, 0.3) is 10.9 Å². The smallest absolute Gasteiger partial charge is 0.410 e. The standard InChI is InChI=1S/C35H47N3O5/c1-25-10-6-7-11-26(25)23-35(5,28-13-15-30-27(22-28)24-36-38(30)32-12-8-9-20-42-32)29-14-16-31(29)41-21-18-37(17-19-39)33(40)43-34(2,3)4/h6-7,10-11,13-15,22,24,31-32,39H,8-9,12,16-21,23H2,1-5H3/t31-,32?,35?/m1/s1. The van der Waals surface area contributed by atoms with Gasteiger partial charge < -0.3 is 24.2 Å². The molecular formula is C35H47N3O5. The van der Waals surface area contributed by atoms with Gasteiger partial charge in [-0.3, -0.25) is 0 Å². The van der Waals surface area contributed by atoms with E-state index in [2.05, 4.69) is 62.4 Å². The molecule has 1 amide bonds. The van der Waals surface area contributed by atoms with Crippen molar-refractivity contribution < 1.29 is 24.1 Å².